The summed E-state index contributed by atoms with van der Waals surface area (Å²) in [4.78, 5) is 3.81. The van der Waals surface area contributed by atoms with E-state index in [1.165, 1.54) is 13.3 Å². The first-order valence-electron chi connectivity index (χ1n) is 3.65. The molecule has 0 aliphatic heterocycles. The van der Waals surface area contributed by atoms with Crippen LogP contribution < -0.4 is 4.74 Å². The van der Waals surface area contributed by atoms with Crippen LogP contribution in [0.5, 0.6) is 5.75 Å². The van der Waals surface area contributed by atoms with Gasteiger partial charge in [0.2, 0.25) is 0 Å². The van der Waals surface area contributed by atoms with Crippen molar-refractivity contribution in [3.05, 3.63) is 23.0 Å². The van der Waals surface area contributed by atoms with E-state index in [0.717, 1.165) is 0 Å². The fraction of sp³-hybridized carbons (Fsp3) is 0.375. The van der Waals surface area contributed by atoms with E-state index in [-0.39, 0.29) is 18.6 Å². The number of aliphatic hydroxyl groups excluding tert-OH is 1. The summed E-state index contributed by atoms with van der Waals surface area (Å²) >= 11 is 5.74. The number of hydrogen-bond donors (Lipinski definition) is 1. The second kappa shape index (κ2) is 5.01. The minimum Gasteiger partial charge on any atom is -0.464 e. The summed E-state index contributed by atoms with van der Waals surface area (Å²) in [6.07, 6.45) is 1.51. The highest BCUT2D eigenvalue weighted by molar-refractivity contribution is 6.30. The lowest BCUT2D eigenvalue weighted by Gasteiger charge is -2.09. The summed E-state index contributed by atoms with van der Waals surface area (Å²) in [6, 6.07) is 1.64. The zero-order valence-corrected chi connectivity index (χ0v) is 7.91. The number of methoxy groups -OCH3 is 1. The normalized spacial score (nSPS) is 10.1. The standard InChI is InChI=1S/C8H10ClNO3/c1-12-5-13-7-6(4-11)2-3-10-8(7)9/h2-3,11H,4-5H2,1H3. The molecule has 0 saturated heterocycles. The van der Waals surface area contributed by atoms with E-state index in [1.54, 1.807) is 6.07 Å². The van der Waals surface area contributed by atoms with Crippen molar-refractivity contribution in [1.82, 2.24) is 4.98 Å². The zero-order valence-electron chi connectivity index (χ0n) is 7.16. The molecule has 1 aromatic rings. The molecule has 0 amide bonds. The third kappa shape index (κ3) is 2.55. The molecule has 1 aromatic heterocycles. The number of halogens is 1. The first-order valence-corrected chi connectivity index (χ1v) is 4.03. The first-order chi connectivity index (χ1) is 6.29. The molecule has 0 atom stereocenters. The smallest absolute Gasteiger partial charge is 0.188 e. The van der Waals surface area contributed by atoms with E-state index >= 15 is 0 Å². The second-order valence-corrected chi connectivity index (χ2v) is 2.66. The number of aromatic nitrogens is 1. The summed E-state index contributed by atoms with van der Waals surface area (Å²) in [5.41, 5.74) is 0.594. The van der Waals surface area contributed by atoms with Crippen LogP contribution in [0, 0.1) is 0 Å². The number of hydrogen-bond acceptors (Lipinski definition) is 4. The highest BCUT2D eigenvalue weighted by Crippen LogP contribution is 2.26. The maximum Gasteiger partial charge on any atom is 0.188 e. The van der Waals surface area contributed by atoms with E-state index < -0.39 is 0 Å². The van der Waals surface area contributed by atoms with E-state index in [1.807, 2.05) is 0 Å². The Hall–Kier alpha value is -0.840. The van der Waals surface area contributed by atoms with Crippen LogP contribution in [-0.4, -0.2) is 24.0 Å². The number of rotatable bonds is 4. The quantitative estimate of drug-likeness (QED) is 0.591. The Morgan fingerprint density at radius 1 is 1.62 bits per heavy atom. The van der Waals surface area contributed by atoms with E-state index in [4.69, 9.17) is 26.2 Å². The van der Waals surface area contributed by atoms with Gasteiger partial charge >= 0.3 is 0 Å². The molecule has 0 radical (unpaired) electrons. The van der Waals surface area contributed by atoms with Crippen molar-refractivity contribution in [2.24, 2.45) is 0 Å². The maximum atomic E-state index is 8.93. The number of nitrogens with zero attached hydrogens (tertiary/aromatic N) is 1. The van der Waals surface area contributed by atoms with Crippen LogP contribution in [0.15, 0.2) is 12.3 Å². The Balaban J connectivity index is 2.87. The van der Waals surface area contributed by atoms with Gasteiger partial charge in [0, 0.05) is 18.9 Å². The van der Waals surface area contributed by atoms with E-state index in [2.05, 4.69) is 4.98 Å². The van der Waals surface area contributed by atoms with Gasteiger partial charge in [0.15, 0.2) is 17.7 Å². The van der Waals surface area contributed by atoms with Crippen molar-refractivity contribution in [3.8, 4) is 5.75 Å². The molecule has 0 fully saturated rings. The van der Waals surface area contributed by atoms with Gasteiger partial charge in [-0.2, -0.15) is 0 Å². The average Bonchev–Trinajstić information content (AvgIpc) is 2.15. The Bertz CT molecular complexity index is 280. The summed E-state index contributed by atoms with van der Waals surface area (Å²) < 4.78 is 9.84. The molecule has 0 unspecified atom stereocenters. The molecule has 4 nitrogen and oxygen atoms in total. The molecule has 0 saturated carbocycles. The third-order valence-electron chi connectivity index (χ3n) is 1.43. The molecular formula is C8H10ClNO3. The van der Waals surface area contributed by atoms with Gasteiger partial charge in [-0.25, -0.2) is 4.98 Å². The SMILES string of the molecule is COCOc1c(CO)ccnc1Cl. The second-order valence-electron chi connectivity index (χ2n) is 2.30. The fourth-order valence-corrected chi connectivity index (χ4v) is 1.09. The molecule has 0 spiro atoms. The summed E-state index contributed by atoms with van der Waals surface area (Å²) in [5, 5.41) is 9.16. The molecule has 0 aliphatic rings. The monoisotopic (exact) mass is 203 g/mol. The van der Waals surface area contributed by atoms with Crippen LogP contribution in [-0.2, 0) is 11.3 Å². The van der Waals surface area contributed by atoms with Gasteiger partial charge in [-0.05, 0) is 6.07 Å². The van der Waals surface area contributed by atoms with Crippen molar-refractivity contribution >= 4 is 11.6 Å². The van der Waals surface area contributed by atoms with Gasteiger partial charge in [0.25, 0.3) is 0 Å². The van der Waals surface area contributed by atoms with Crippen molar-refractivity contribution in [3.63, 3.8) is 0 Å². The van der Waals surface area contributed by atoms with Crippen LogP contribution in [0.1, 0.15) is 5.56 Å². The van der Waals surface area contributed by atoms with Crippen LogP contribution in [0.2, 0.25) is 5.15 Å². The zero-order chi connectivity index (χ0) is 9.68. The third-order valence-corrected chi connectivity index (χ3v) is 1.70. The lowest BCUT2D eigenvalue weighted by molar-refractivity contribution is 0.0493. The first kappa shape index (κ1) is 10.2. The van der Waals surface area contributed by atoms with Crippen LogP contribution in [0.3, 0.4) is 0 Å². The van der Waals surface area contributed by atoms with Gasteiger partial charge in [-0.15, -0.1) is 0 Å². The molecular weight excluding hydrogens is 194 g/mol. The topological polar surface area (TPSA) is 51.6 Å². The van der Waals surface area contributed by atoms with Crippen LogP contribution in [0.25, 0.3) is 0 Å². The largest absolute Gasteiger partial charge is 0.464 e. The minimum absolute atomic E-state index is 0.0818. The molecule has 13 heavy (non-hydrogen) atoms. The van der Waals surface area contributed by atoms with Crippen molar-refractivity contribution < 1.29 is 14.6 Å². The lowest BCUT2D eigenvalue weighted by atomic mass is 10.2. The summed E-state index contributed by atoms with van der Waals surface area (Å²) in [6.45, 7) is -0.0559. The molecule has 0 aromatic carbocycles. The Morgan fingerprint density at radius 3 is 3.00 bits per heavy atom. The Morgan fingerprint density at radius 2 is 2.38 bits per heavy atom. The lowest BCUT2D eigenvalue weighted by Crippen LogP contribution is -2.03. The van der Waals surface area contributed by atoms with Gasteiger partial charge < -0.3 is 14.6 Å². The van der Waals surface area contributed by atoms with Gasteiger partial charge in [-0.3, -0.25) is 0 Å². The van der Waals surface area contributed by atoms with Gasteiger partial charge in [-0.1, -0.05) is 11.6 Å². The summed E-state index contributed by atoms with van der Waals surface area (Å²) in [5.74, 6) is 0.369. The number of ether oxygens (including phenoxy) is 2. The Kier molecular flexibility index (Phi) is 3.95. The van der Waals surface area contributed by atoms with Crippen LogP contribution >= 0.6 is 11.6 Å². The molecule has 1 rings (SSSR count). The fourth-order valence-electron chi connectivity index (χ4n) is 0.854. The molecule has 1 heterocycles. The molecule has 0 bridgehead atoms. The van der Waals surface area contributed by atoms with Crippen LogP contribution in [0.4, 0.5) is 0 Å². The van der Waals surface area contributed by atoms with Gasteiger partial charge in [0.05, 0.1) is 6.61 Å². The molecule has 72 valence electrons. The summed E-state index contributed by atoms with van der Waals surface area (Å²) in [7, 11) is 1.50. The molecule has 1 N–H and O–H groups in total. The highest BCUT2D eigenvalue weighted by atomic mass is 35.5. The van der Waals surface area contributed by atoms with E-state index in [0.29, 0.717) is 11.3 Å². The maximum absolute atomic E-state index is 8.93. The Labute approximate surface area is 81.1 Å². The number of pyridine rings is 1. The molecule has 5 heteroatoms. The number of aliphatic hydroxyl groups is 1. The predicted molar refractivity (Wildman–Crippen MR) is 47.7 cm³/mol. The average molecular weight is 204 g/mol. The van der Waals surface area contributed by atoms with Gasteiger partial charge in [0.1, 0.15) is 0 Å². The highest BCUT2D eigenvalue weighted by Gasteiger charge is 2.08. The van der Waals surface area contributed by atoms with Crippen molar-refractivity contribution in [2.45, 2.75) is 6.61 Å². The van der Waals surface area contributed by atoms with E-state index in [9.17, 15) is 0 Å². The van der Waals surface area contributed by atoms with Crippen molar-refractivity contribution in [1.29, 1.82) is 0 Å². The van der Waals surface area contributed by atoms with Crippen molar-refractivity contribution in [2.75, 3.05) is 13.9 Å². The minimum atomic E-state index is -0.138. The predicted octanol–water partition coefficient (Wildman–Crippen LogP) is 1.21. The molecule has 0 aliphatic carbocycles.